The van der Waals surface area contributed by atoms with Gasteiger partial charge in [0, 0.05) is 17.9 Å². The zero-order valence-corrected chi connectivity index (χ0v) is 10.8. The van der Waals surface area contributed by atoms with Crippen LogP contribution >= 0.6 is 15.9 Å². The number of hydrogen-bond acceptors (Lipinski definition) is 3. The molecule has 16 heavy (non-hydrogen) atoms. The smallest absolute Gasteiger partial charge is 0.294 e. The molecule has 0 saturated carbocycles. The molecular formula is C12H13BrN2O. The normalized spacial score (nSPS) is 10.4. The first kappa shape index (κ1) is 11.2. The molecule has 0 aliphatic carbocycles. The van der Waals surface area contributed by atoms with Crippen molar-refractivity contribution in [2.75, 3.05) is 12.4 Å². The van der Waals surface area contributed by atoms with Gasteiger partial charge in [-0.15, -0.1) is 0 Å². The van der Waals surface area contributed by atoms with E-state index in [-0.39, 0.29) is 0 Å². The van der Waals surface area contributed by atoms with Crippen molar-refractivity contribution in [1.82, 2.24) is 4.98 Å². The average Bonchev–Trinajstić information content (AvgIpc) is 2.63. The fourth-order valence-corrected chi connectivity index (χ4v) is 1.75. The van der Waals surface area contributed by atoms with E-state index in [4.69, 9.17) is 4.42 Å². The van der Waals surface area contributed by atoms with Crippen molar-refractivity contribution in [1.29, 1.82) is 0 Å². The zero-order chi connectivity index (χ0) is 11.5. The molecule has 0 bridgehead atoms. The van der Waals surface area contributed by atoms with Crippen LogP contribution in [0.25, 0.3) is 0 Å². The van der Waals surface area contributed by atoms with Gasteiger partial charge in [0.15, 0.2) is 0 Å². The second kappa shape index (κ2) is 4.70. The van der Waals surface area contributed by atoms with E-state index in [0.29, 0.717) is 6.01 Å². The third-order valence-electron chi connectivity index (χ3n) is 2.38. The van der Waals surface area contributed by atoms with Gasteiger partial charge in [0.2, 0.25) is 0 Å². The lowest BCUT2D eigenvalue weighted by Gasteiger charge is -1.99. The van der Waals surface area contributed by atoms with Crippen LogP contribution in [0.5, 0.6) is 0 Å². The van der Waals surface area contributed by atoms with Crippen LogP contribution in [-0.4, -0.2) is 12.0 Å². The highest BCUT2D eigenvalue weighted by atomic mass is 79.9. The average molecular weight is 281 g/mol. The van der Waals surface area contributed by atoms with E-state index in [2.05, 4.69) is 38.4 Å². The Morgan fingerprint density at radius 3 is 2.56 bits per heavy atom. The van der Waals surface area contributed by atoms with Gasteiger partial charge in [-0.1, -0.05) is 28.1 Å². The monoisotopic (exact) mass is 280 g/mol. The van der Waals surface area contributed by atoms with Gasteiger partial charge in [0.05, 0.1) is 5.69 Å². The number of benzene rings is 1. The lowest BCUT2D eigenvalue weighted by molar-refractivity contribution is 0.528. The molecule has 3 nitrogen and oxygen atoms in total. The summed E-state index contributed by atoms with van der Waals surface area (Å²) in [6.07, 6.45) is 0.772. The fourth-order valence-electron chi connectivity index (χ4n) is 1.49. The Bertz CT molecular complexity index is 476. The number of oxazole rings is 1. The summed E-state index contributed by atoms with van der Waals surface area (Å²) in [5, 5.41) is 2.90. The molecule has 0 fully saturated rings. The molecule has 2 rings (SSSR count). The summed E-state index contributed by atoms with van der Waals surface area (Å²) >= 11 is 3.41. The van der Waals surface area contributed by atoms with Crippen LogP contribution in [0.15, 0.2) is 33.2 Å². The van der Waals surface area contributed by atoms with Crippen molar-refractivity contribution in [3.8, 4) is 0 Å². The Balaban J connectivity index is 2.19. The van der Waals surface area contributed by atoms with Gasteiger partial charge in [0.25, 0.3) is 6.01 Å². The molecule has 4 heteroatoms. The van der Waals surface area contributed by atoms with E-state index in [9.17, 15) is 0 Å². The minimum Gasteiger partial charge on any atom is -0.428 e. The standard InChI is InChI=1S/C12H13BrN2O/c1-8-11(16-12(14-2)15-8)7-9-3-5-10(13)6-4-9/h3-6H,7H2,1-2H3,(H,14,15). The van der Waals surface area contributed by atoms with Crippen molar-refractivity contribution in [3.63, 3.8) is 0 Å². The summed E-state index contributed by atoms with van der Waals surface area (Å²) in [4.78, 5) is 4.26. The van der Waals surface area contributed by atoms with E-state index in [0.717, 1.165) is 22.3 Å². The molecule has 0 unspecified atom stereocenters. The maximum atomic E-state index is 5.56. The van der Waals surface area contributed by atoms with Gasteiger partial charge in [-0.3, -0.25) is 0 Å². The molecular weight excluding hydrogens is 268 g/mol. The Hall–Kier alpha value is -1.29. The molecule has 0 spiro atoms. The number of halogens is 1. The topological polar surface area (TPSA) is 38.1 Å². The molecule has 0 amide bonds. The molecule has 0 aliphatic rings. The minimum atomic E-state index is 0.574. The Morgan fingerprint density at radius 2 is 2.00 bits per heavy atom. The number of aromatic nitrogens is 1. The van der Waals surface area contributed by atoms with Crippen LogP contribution in [0, 0.1) is 6.92 Å². The number of aryl methyl sites for hydroxylation is 1. The predicted molar refractivity (Wildman–Crippen MR) is 67.7 cm³/mol. The van der Waals surface area contributed by atoms with Gasteiger partial charge in [-0.2, -0.15) is 4.98 Å². The number of rotatable bonds is 3. The summed E-state index contributed by atoms with van der Waals surface area (Å²) in [7, 11) is 1.80. The van der Waals surface area contributed by atoms with Crippen LogP contribution in [0.4, 0.5) is 6.01 Å². The second-order valence-corrected chi connectivity index (χ2v) is 4.50. The molecule has 0 aliphatic heterocycles. The van der Waals surface area contributed by atoms with Crippen molar-refractivity contribution < 1.29 is 4.42 Å². The summed E-state index contributed by atoms with van der Waals surface area (Å²) in [6.45, 7) is 1.96. The third-order valence-corrected chi connectivity index (χ3v) is 2.91. The largest absolute Gasteiger partial charge is 0.428 e. The molecule has 1 aromatic carbocycles. The van der Waals surface area contributed by atoms with Crippen LogP contribution in [0.2, 0.25) is 0 Å². The van der Waals surface area contributed by atoms with Gasteiger partial charge >= 0.3 is 0 Å². The van der Waals surface area contributed by atoms with Crippen molar-refractivity contribution in [2.45, 2.75) is 13.3 Å². The van der Waals surface area contributed by atoms with E-state index >= 15 is 0 Å². The molecule has 2 aromatic rings. The van der Waals surface area contributed by atoms with Gasteiger partial charge < -0.3 is 9.73 Å². The number of anilines is 1. The van der Waals surface area contributed by atoms with Crippen LogP contribution in [-0.2, 0) is 6.42 Å². The fraction of sp³-hybridized carbons (Fsp3) is 0.250. The summed E-state index contributed by atoms with van der Waals surface area (Å²) in [5.74, 6) is 0.909. The number of hydrogen-bond donors (Lipinski definition) is 1. The van der Waals surface area contributed by atoms with E-state index in [1.54, 1.807) is 7.05 Å². The third kappa shape index (κ3) is 2.44. The number of nitrogens with zero attached hydrogens (tertiary/aromatic N) is 1. The molecule has 0 atom stereocenters. The Morgan fingerprint density at radius 1 is 1.31 bits per heavy atom. The predicted octanol–water partition coefficient (Wildman–Crippen LogP) is 3.38. The molecule has 1 aromatic heterocycles. The second-order valence-electron chi connectivity index (χ2n) is 3.58. The Kier molecular flexibility index (Phi) is 3.29. The highest BCUT2D eigenvalue weighted by Gasteiger charge is 2.08. The molecule has 1 N–H and O–H groups in total. The van der Waals surface area contributed by atoms with Crippen molar-refractivity contribution in [3.05, 3.63) is 45.8 Å². The summed E-state index contributed by atoms with van der Waals surface area (Å²) in [5.41, 5.74) is 2.15. The maximum absolute atomic E-state index is 5.56. The lowest BCUT2D eigenvalue weighted by Crippen LogP contribution is -1.88. The summed E-state index contributed by atoms with van der Waals surface area (Å²) < 4.78 is 6.65. The number of nitrogens with one attached hydrogen (secondary N) is 1. The van der Waals surface area contributed by atoms with Gasteiger partial charge in [-0.25, -0.2) is 0 Å². The quantitative estimate of drug-likeness (QED) is 0.937. The van der Waals surface area contributed by atoms with E-state index < -0.39 is 0 Å². The van der Waals surface area contributed by atoms with Crippen LogP contribution in [0.1, 0.15) is 17.0 Å². The van der Waals surface area contributed by atoms with Crippen molar-refractivity contribution in [2.24, 2.45) is 0 Å². The zero-order valence-electron chi connectivity index (χ0n) is 9.25. The SMILES string of the molecule is CNc1nc(C)c(Cc2ccc(Br)cc2)o1. The first-order valence-electron chi connectivity index (χ1n) is 5.07. The molecule has 0 saturated heterocycles. The highest BCUT2D eigenvalue weighted by Crippen LogP contribution is 2.19. The Labute approximate surface area is 103 Å². The van der Waals surface area contributed by atoms with Crippen LogP contribution < -0.4 is 5.32 Å². The van der Waals surface area contributed by atoms with Crippen LogP contribution in [0.3, 0.4) is 0 Å². The minimum absolute atomic E-state index is 0.574. The lowest BCUT2D eigenvalue weighted by atomic mass is 10.1. The first-order chi connectivity index (χ1) is 7.69. The molecule has 0 radical (unpaired) electrons. The van der Waals surface area contributed by atoms with Crippen molar-refractivity contribution >= 4 is 21.9 Å². The van der Waals surface area contributed by atoms with Gasteiger partial charge in [-0.05, 0) is 24.6 Å². The van der Waals surface area contributed by atoms with Gasteiger partial charge in [0.1, 0.15) is 5.76 Å². The first-order valence-corrected chi connectivity index (χ1v) is 5.87. The highest BCUT2D eigenvalue weighted by molar-refractivity contribution is 9.10. The molecule has 1 heterocycles. The maximum Gasteiger partial charge on any atom is 0.294 e. The van der Waals surface area contributed by atoms with E-state index in [1.165, 1.54) is 5.56 Å². The van der Waals surface area contributed by atoms with E-state index in [1.807, 2.05) is 19.1 Å². The summed E-state index contributed by atoms with van der Waals surface area (Å²) in [6, 6.07) is 8.78. The molecule has 84 valence electrons.